The predicted molar refractivity (Wildman–Crippen MR) is 75.3 cm³/mol. The molecule has 0 aromatic heterocycles. The third kappa shape index (κ3) is 2.26. The van der Waals surface area contributed by atoms with Gasteiger partial charge in [0.05, 0.1) is 12.5 Å². The molecule has 3 heteroatoms. The minimum Gasteiger partial charge on any atom is -0.432 e. The summed E-state index contributed by atoms with van der Waals surface area (Å²) in [6.45, 7) is 3.31. The topological polar surface area (TPSA) is 50.1 Å². The van der Waals surface area contributed by atoms with Crippen LogP contribution in [0.1, 0.15) is 58.8 Å². The summed E-state index contributed by atoms with van der Waals surface area (Å²) < 4.78 is 5.34. The van der Waals surface area contributed by atoms with Gasteiger partial charge in [-0.05, 0) is 74.2 Å². The number of esters is 1. The van der Waals surface area contributed by atoms with Crippen LogP contribution in [0.2, 0.25) is 0 Å². The van der Waals surface area contributed by atoms with Gasteiger partial charge in [-0.3, -0.25) is 4.79 Å². The molecule has 4 aliphatic carbocycles. The summed E-state index contributed by atoms with van der Waals surface area (Å²) in [5, 5.41) is 9.20. The van der Waals surface area contributed by atoms with E-state index in [9.17, 15) is 10.1 Å². The van der Waals surface area contributed by atoms with Crippen LogP contribution in [-0.4, -0.2) is 5.97 Å². The summed E-state index contributed by atoms with van der Waals surface area (Å²) in [6, 6.07) is 2.30. The zero-order chi connectivity index (χ0) is 14.3. The van der Waals surface area contributed by atoms with Crippen molar-refractivity contribution in [3.63, 3.8) is 0 Å². The third-order valence-corrected chi connectivity index (χ3v) is 5.66. The van der Waals surface area contributed by atoms with Gasteiger partial charge in [0.25, 0.3) is 0 Å². The lowest BCUT2D eigenvalue weighted by molar-refractivity contribution is -0.137. The molecule has 3 nitrogen and oxygen atoms in total. The van der Waals surface area contributed by atoms with Crippen LogP contribution >= 0.6 is 0 Å². The highest BCUT2D eigenvalue weighted by Gasteiger charge is 2.52. The van der Waals surface area contributed by atoms with Gasteiger partial charge in [0.1, 0.15) is 5.76 Å². The number of carbonyl (C=O) groups excluding carboxylic acids is 1. The van der Waals surface area contributed by atoms with Crippen molar-refractivity contribution in [2.45, 2.75) is 58.8 Å². The average Bonchev–Trinajstić information content (AvgIpc) is 2.32. The fourth-order valence-electron chi connectivity index (χ4n) is 5.52. The highest BCUT2D eigenvalue weighted by atomic mass is 16.5. The van der Waals surface area contributed by atoms with E-state index in [4.69, 9.17) is 4.74 Å². The molecule has 4 saturated carbocycles. The van der Waals surface area contributed by atoms with Crippen LogP contribution in [0.25, 0.3) is 0 Å². The van der Waals surface area contributed by atoms with Gasteiger partial charge in [-0.25, -0.2) is 0 Å². The molecule has 0 aliphatic heterocycles. The number of ether oxygens (including phenoxy) is 1. The van der Waals surface area contributed by atoms with Crippen LogP contribution in [0, 0.1) is 34.5 Å². The van der Waals surface area contributed by atoms with E-state index >= 15 is 0 Å². The lowest BCUT2D eigenvalue weighted by Crippen LogP contribution is -2.47. The van der Waals surface area contributed by atoms with E-state index < -0.39 is 0 Å². The molecule has 0 heterocycles. The first-order chi connectivity index (χ1) is 9.52. The van der Waals surface area contributed by atoms with Gasteiger partial charge in [-0.15, -0.1) is 0 Å². The molecule has 0 aromatic rings. The Bertz CT molecular complexity index is 462. The van der Waals surface area contributed by atoms with Crippen molar-refractivity contribution in [3.05, 3.63) is 11.3 Å². The Balaban J connectivity index is 1.95. The van der Waals surface area contributed by atoms with Crippen molar-refractivity contribution in [1.82, 2.24) is 0 Å². The molecule has 0 atom stereocenters. The van der Waals surface area contributed by atoms with E-state index in [0.29, 0.717) is 12.2 Å². The molecule has 4 fully saturated rings. The summed E-state index contributed by atoms with van der Waals surface area (Å²) >= 11 is 0. The molecule has 0 saturated heterocycles. The maximum Gasteiger partial charge on any atom is 0.307 e. The van der Waals surface area contributed by atoms with Crippen LogP contribution in [-0.2, 0) is 9.53 Å². The van der Waals surface area contributed by atoms with E-state index in [-0.39, 0.29) is 11.4 Å². The van der Waals surface area contributed by atoms with E-state index in [1.807, 2.05) is 6.92 Å². The second kappa shape index (κ2) is 4.91. The Labute approximate surface area is 121 Å². The standard InChI is InChI=1S/C17H23NO2/c1-11(20-12(2)19)16(3-4-18)17-8-13-5-14(9-17)7-15(6-13)10-17/h13-15H,3,5-10H2,1-2H3/b16-11+. The molecular weight excluding hydrogens is 250 g/mol. The molecule has 0 aromatic carbocycles. The van der Waals surface area contributed by atoms with Gasteiger partial charge in [0, 0.05) is 6.92 Å². The molecule has 4 aliphatic rings. The highest BCUT2D eigenvalue weighted by Crippen LogP contribution is 2.63. The van der Waals surface area contributed by atoms with Crippen LogP contribution in [0.4, 0.5) is 0 Å². The van der Waals surface area contributed by atoms with E-state index in [0.717, 1.165) is 23.3 Å². The van der Waals surface area contributed by atoms with Gasteiger partial charge >= 0.3 is 5.97 Å². The van der Waals surface area contributed by atoms with Crippen LogP contribution in [0.15, 0.2) is 11.3 Å². The van der Waals surface area contributed by atoms with Gasteiger partial charge in [0.15, 0.2) is 0 Å². The number of allylic oxidation sites excluding steroid dienone is 2. The maximum atomic E-state index is 11.3. The van der Waals surface area contributed by atoms with Crippen molar-refractivity contribution in [3.8, 4) is 6.07 Å². The summed E-state index contributed by atoms with van der Waals surface area (Å²) in [6.07, 6.45) is 8.16. The molecule has 0 N–H and O–H groups in total. The molecule has 0 amide bonds. The Kier molecular flexibility index (Phi) is 3.36. The fourth-order valence-corrected chi connectivity index (χ4v) is 5.52. The van der Waals surface area contributed by atoms with Gasteiger partial charge in [-0.1, -0.05) is 0 Å². The molecule has 0 unspecified atom stereocenters. The van der Waals surface area contributed by atoms with Gasteiger partial charge < -0.3 is 4.74 Å². The first-order valence-electron chi connectivity index (χ1n) is 7.78. The zero-order valence-corrected chi connectivity index (χ0v) is 12.4. The first kappa shape index (κ1) is 13.7. The Morgan fingerprint density at radius 1 is 1.15 bits per heavy atom. The molecular formula is C17H23NO2. The summed E-state index contributed by atoms with van der Waals surface area (Å²) in [5.74, 6) is 2.92. The second-order valence-corrected chi connectivity index (χ2v) is 7.16. The third-order valence-electron chi connectivity index (χ3n) is 5.66. The lowest BCUT2D eigenvalue weighted by Gasteiger charge is -2.57. The maximum absolute atomic E-state index is 11.3. The minimum absolute atomic E-state index is 0.157. The van der Waals surface area contributed by atoms with Crippen LogP contribution in [0.5, 0.6) is 0 Å². The highest BCUT2D eigenvalue weighted by molar-refractivity contribution is 5.67. The Morgan fingerprint density at radius 3 is 2.05 bits per heavy atom. The normalized spacial score (nSPS) is 39.1. The average molecular weight is 273 g/mol. The number of carbonyl (C=O) groups is 1. The molecule has 108 valence electrons. The Hall–Kier alpha value is -1.30. The monoisotopic (exact) mass is 273 g/mol. The molecule has 0 radical (unpaired) electrons. The summed E-state index contributed by atoms with van der Waals surface area (Å²) in [7, 11) is 0. The minimum atomic E-state index is -0.275. The number of hydrogen-bond donors (Lipinski definition) is 0. The first-order valence-corrected chi connectivity index (χ1v) is 7.78. The summed E-state index contributed by atoms with van der Waals surface area (Å²) in [5.41, 5.74) is 1.28. The fraction of sp³-hybridized carbons (Fsp3) is 0.765. The van der Waals surface area contributed by atoms with Crippen molar-refractivity contribution < 1.29 is 9.53 Å². The summed E-state index contributed by atoms with van der Waals surface area (Å²) in [4.78, 5) is 11.3. The molecule has 4 bridgehead atoms. The second-order valence-electron chi connectivity index (χ2n) is 7.16. The van der Waals surface area contributed by atoms with Crippen molar-refractivity contribution in [2.24, 2.45) is 23.2 Å². The number of rotatable bonds is 3. The number of nitrogens with zero attached hydrogens (tertiary/aromatic N) is 1. The van der Waals surface area contributed by atoms with E-state index in [1.54, 1.807) is 0 Å². The molecule has 0 spiro atoms. The smallest absolute Gasteiger partial charge is 0.307 e. The van der Waals surface area contributed by atoms with Crippen LogP contribution < -0.4 is 0 Å². The van der Waals surface area contributed by atoms with Gasteiger partial charge in [-0.2, -0.15) is 5.26 Å². The molecule has 20 heavy (non-hydrogen) atoms. The van der Waals surface area contributed by atoms with E-state index in [2.05, 4.69) is 6.07 Å². The Morgan fingerprint density at radius 2 is 1.65 bits per heavy atom. The SMILES string of the molecule is CC(=O)O/C(C)=C(\CC#N)C12CC3CC(CC(C3)C1)C2. The lowest BCUT2D eigenvalue weighted by atomic mass is 9.47. The van der Waals surface area contributed by atoms with Crippen molar-refractivity contribution >= 4 is 5.97 Å². The largest absolute Gasteiger partial charge is 0.432 e. The molecule has 4 rings (SSSR count). The van der Waals surface area contributed by atoms with Crippen molar-refractivity contribution in [2.75, 3.05) is 0 Å². The quantitative estimate of drug-likeness (QED) is 0.578. The van der Waals surface area contributed by atoms with Crippen molar-refractivity contribution in [1.29, 1.82) is 5.26 Å². The predicted octanol–water partition coefficient (Wildman–Crippen LogP) is 3.95. The van der Waals surface area contributed by atoms with Crippen LogP contribution in [0.3, 0.4) is 0 Å². The van der Waals surface area contributed by atoms with E-state index in [1.165, 1.54) is 45.4 Å². The number of hydrogen-bond acceptors (Lipinski definition) is 3. The number of nitriles is 1. The van der Waals surface area contributed by atoms with Gasteiger partial charge in [0.2, 0.25) is 0 Å². The zero-order valence-electron chi connectivity index (χ0n) is 12.4.